The summed E-state index contributed by atoms with van der Waals surface area (Å²) in [5, 5.41) is 0.0981. The van der Waals surface area contributed by atoms with Crippen LogP contribution in [0.2, 0.25) is 5.02 Å². The Labute approximate surface area is 147 Å². The zero-order valence-electron chi connectivity index (χ0n) is 14.7. The third kappa shape index (κ3) is 4.84. The standard InChI is InChI=1S/C18H25ClFNO3/c1-5-18(23-11-13-6-7-14(19)15(20)10-13)8-9-21(12-18)16(22)24-17(2,3)4/h6-7,10H,5,8-9,11-12H2,1-4H3. The van der Waals surface area contributed by atoms with Gasteiger partial charge in [0.1, 0.15) is 11.4 Å². The molecule has 0 bridgehead atoms. The van der Waals surface area contributed by atoms with E-state index in [2.05, 4.69) is 0 Å². The van der Waals surface area contributed by atoms with Crippen LogP contribution in [-0.2, 0) is 16.1 Å². The number of likely N-dealkylation sites (tertiary alicyclic amines) is 1. The predicted octanol–water partition coefficient (Wildman–Crippen LogP) is 4.79. The first-order valence-electron chi connectivity index (χ1n) is 8.20. The maximum absolute atomic E-state index is 13.5. The Morgan fingerprint density at radius 1 is 1.42 bits per heavy atom. The van der Waals surface area contributed by atoms with Crippen molar-refractivity contribution in [3.8, 4) is 0 Å². The Morgan fingerprint density at radius 2 is 2.12 bits per heavy atom. The van der Waals surface area contributed by atoms with E-state index in [4.69, 9.17) is 21.1 Å². The molecular formula is C18H25ClFNO3. The van der Waals surface area contributed by atoms with Gasteiger partial charge < -0.3 is 14.4 Å². The lowest BCUT2D eigenvalue weighted by molar-refractivity contribution is -0.0528. The number of benzene rings is 1. The number of hydrogen-bond acceptors (Lipinski definition) is 3. The van der Waals surface area contributed by atoms with Gasteiger partial charge in [0.25, 0.3) is 0 Å². The molecule has 1 fully saturated rings. The summed E-state index contributed by atoms with van der Waals surface area (Å²) in [5.74, 6) is -0.454. The second-order valence-electron chi connectivity index (χ2n) is 7.23. The van der Waals surface area contributed by atoms with Gasteiger partial charge in [-0.2, -0.15) is 0 Å². The van der Waals surface area contributed by atoms with E-state index in [0.29, 0.717) is 13.1 Å². The minimum absolute atomic E-state index is 0.0981. The van der Waals surface area contributed by atoms with E-state index in [0.717, 1.165) is 18.4 Å². The average molecular weight is 358 g/mol. The van der Waals surface area contributed by atoms with Crippen molar-refractivity contribution in [1.29, 1.82) is 0 Å². The lowest BCUT2D eigenvalue weighted by atomic mass is 9.99. The van der Waals surface area contributed by atoms with E-state index in [1.54, 1.807) is 11.0 Å². The van der Waals surface area contributed by atoms with Crippen LogP contribution in [0.1, 0.15) is 46.1 Å². The third-order valence-electron chi connectivity index (χ3n) is 4.14. The summed E-state index contributed by atoms with van der Waals surface area (Å²) in [6.45, 7) is 8.93. The van der Waals surface area contributed by atoms with Crippen molar-refractivity contribution < 1.29 is 18.7 Å². The molecular weight excluding hydrogens is 333 g/mol. The number of carbonyl (C=O) groups is 1. The molecule has 1 amide bonds. The summed E-state index contributed by atoms with van der Waals surface area (Å²) >= 11 is 5.70. The lowest BCUT2D eigenvalue weighted by Crippen LogP contribution is -2.40. The van der Waals surface area contributed by atoms with E-state index in [1.165, 1.54) is 12.1 Å². The molecule has 1 atom stereocenters. The molecule has 0 N–H and O–H groups in total. The monoisotopic (exact) mass is 357 g/mol. The Bertz CT molecular complexity index is 602. The molecule has 1 aliphatic rings. The molecule has 1 aromatic rings. The normalized spacial score (nSPS) is 21.2. The van der Waals surface area contributed by atoms with Crippen LogP contribution < -0.4 is 0 Å². The largest absolute Gasteiger partial charge is 0.444 e. The summed E-state index contributed by atoms with van der Waals surface area (Å²) in [7, 11) is 0. The highest BCUT2D eigenvalue weighted by Crippen LogP contribution is 2.31. The summed E-state index contributed by atoms with van der Waals surface area (Å²) in [4.78, 5) is 13.9. The first kappa shape index (κ1) is 19.0. The van der Waals surface area contributed by atoms with Crippen molar-refractivity contribution >= 4 is 17.7 Å². The number of amides is 1. The predicted molar refractivity (Wildman–Crippen MR) is 91.6 cm³/mol. The Kier molecular flexibility index (Phi) is 5.76. The fourth-order valence-corrected chi connectivity index (χ4v) is 2.82. The number of ether oxygens (including phenoxy) is 2. The summed E-state index contributed by atoms with van der Waals surface area (Å²) in [6.07, 6.45) is 1.18. The maximum Gasteiger partial charge on any atom is 0.410 e. The van der Waals surface area contributed by atoms with Crippen LogP contribution in [0.3, 0.4) is 0 Å². The van der Waals surface area contributed by atoms with Crippen molar-refractivity contribution in [2.45, 2.75) is 58.3 Å². The molecule has 24 heavy (non-hydrogen) atoms. The second-order valence-corrected chi connectivity index (χ2v) is 7.63. The maximum atomic E-state index is 13.5. The van der Waals surface area contributed by atoms with E-state index >= 15 is 0 Å². The number of halogens is 2. The van der Waals surface area contributed by atoms with Crippen molar-refractivity contribution in [1.82, 2.24) is 4.90 Å². The van der Waals surface area contributed by atoms with Crippen molar-refractivity contribution in [3.05, 3.63) is 34.6 Å². The minimum Gasteiger partial charge on any atom is -0.444 e. The molecule has 2 rings (SSSR count). The molecule has 4 nitrogen and oxygen atoms in total. The van der Waals surface area contributed by atoms with E-state index in [9.17, 15) is 9.18 Å². The van der Waals surface area contributed by atoms with Gasteiger partial charge in [0.15, 0.2) is 0 Å². The Balaban J connectivity index is 1.97. The van der Waals surface area contributed by atoms with Crippen LogP contribution in [-0.4, -0.2) is 35.3 Å². The lowest BCUT2D eigenvalue weighted by Gasteiger charge is -2.29. The van der Waals surface area contributed by atoms with Gasteiger partial charge in [0.05, 0.1) is 23.8 Å². The topological polar surface area (TPSA) is 38.8 Å². The Morgan fingerprint density at radius 3 is 2.71 bits per heavy atom. The van der Waals surface area contributed by atoms with Gasteiger partial charge in [-0.05, 0) is 51.3 Å². The zero-order valence-corrected chi connectivity index (χ0v) is 15.5. The number of hydrogen-bond donors (Lipinski definition) is 0. The second kappa shape index (κ2) is 7.28. The van der Waals surface area contributed by atoms with E-state index in [-0.39, 0.29) is 17.7 Å². The number of carbonyl (C=O) groups excluding carboxylic acids is 1. The molecule has 0 saturated carbocycles. The quantitative estimate of drug-likeness (QED) is 0.778. The van der Waals surface area contributed by atoms with Gasteiger partial charge in [0, 0.05) is 6.54 Å². The van der Waals surface area contributed by atoms with Gasteiger partial charge >= 0.3 is 6.09 Å². The van der Waals surface area contributed by atoms with Crippen LogP contribution >= 0.6 is 11.6 Å². The molecule has 134 valence electrons. The summed E-state index contributed by atoms with van der Waals surface area (Å²) in [5.41, 5.74) is -0.219. The highest BCUT2D eigenvalue weighted by atomic mass is 35.5. The highest BCUT2D eigenvalue weighted by molar-refractivity contribution is 6.30. The number of rotatable bonds is 4. The van der Waals surface area contributed by atoms with Crippen LogP contribution in [0.15, 0.2) is 18.2 Å². The van der Waals surface area contributed by atoms with Gasteiger partial charge in [0.2, 0.25) is 0 Å². The first-order chi connectivity index (χ1) is 11.1. The van der Waals surface area contributed by atoms with Crippen molar-refractivity contribution in [2.24, 2.45) is 0 Å². The van der Waals surface area contributed by atoms with Gasteiger partial charge in [-0.15, -0.1) is 0 Å². The van der Waals surface area contributed by atoms with Gasteiger partial charge in [-0.25, -0.2) is 9.18 Å². The molecule has 0 spiro atoms. The summed E-state index contributed by atoms with van der Waals surface area (Å²) < 4.78 is 25.0. The minimum atomic E-state index is -0.518. The van der Waals surface area contributed by atoms with Crippen LogP contribution in [0.25, 0.3) is 0 Å². The molecule has 0 aliphatic carbocycles. The van der Waals surface area contributed by atoms with E-state index in [1.807, 2.05) is 27.7 Å². The highest BCUT2D eigenvalue weighted by Gasteiger charge is 2.41. The molecule has 1 aliphatic heterocycles. The molecule has 1 heterocycles. The molecule has 0 radical (unpaired) electrons. The first-order valence-corrected chi connectivity index (χ1v) is 8.58. The van der Waals surface area contributed by atoms with Crippen LogP contribution in [0, 0.1) is 5.82 Å². The smallest absolute Gasteiger partial charge is 0.410 e. The fourth-order valence-electron chi connectivity index (χ4n) is 2.70. The molecule has 6 heteroatoms. The zero-order chi connectivity index (χ0) is 18.0. The van der Waals surface area contributed by atoms with Crippen LogP contribution in [0.5, 0.6) is 0 Å². The van der Waals surface area contributed by atoms with Crippen LogP contribution in [0.4, 0.5) is 9.18 Å². The van der Waals surface area contributed by atoms with Crippen molar-refractivity contribution in [2.75, 3.05) is 13.1 Å². The average Bonchev–Trinajstić information content (AvgIpc) is 2.92. The van der Waals surface area contributed by atoms with Gasteiger partial charge in [-0.3, -0.25) is 0 Å². The molecule has 1 saturated heterocycles. The molecule has 1 unspecified atom stereocenters. The number of nitrogens with zero attached hydrogens (tertiary/aromatic N) is 1. The summed E-state index contributed by atoms with van der Waals surface area (Å²) in [6, 6.07) is 4.65. The fraction of sp³-hybridized carbons (Fsp3) is 0.611. The van der Waals surface area contributed by atoms with Crippen molar-refractivity contribution in [3.63, 3.8) is 0 Å². The third-order valence-corrected chi connectivity index (χ3v) is 4.45. The SMILES string of the molecule is CCC1(OCc2ccc(Cl)c(F)c2)CCN(C(=O)OC(C)(C)C)C1. The molecule has 0 aromatic heterocycles. The Hall–Kier alpha value is -1.33. The molecule has 1 aromatic carbocycles. The van der Waals surface area contributed by atoms with E-state index < -0.39 is 17.0 Å². The van der Waals surface area contributed by atoms with Gasteiger partial charge in [-0.1, -0.05) is 24.6 Å².